The molecule has 0 radical (unpaired) electrons. The quantitative estimate of drug-likeness (QED) is 0.675. The summed E-state index contributed by atoms with van der Waals surface area (Å²) in [5, 5.41) is 17.2. The first-order valence-electron chi connectivity index (χ1n) is 3.90. The number of aliphatic hydroxyl groups excluding tert-OH is 1. The van der Waals surface area contributed by atoms with Crippen molar-refractivity contribution >= 4 is 17.1 Å². The first-order valence-corrected chi connectivity index (χ1v) is 4.31. The van der Waals surface area contributed by atoms with E-state index in [2.05, 4.69) is 6.07 Å². The highest BCUT2D eigenvalue weighted by Gasteiger charge is 2.07. The summed E-state index contributed by atoms with van der Waals surface area (Å²) >= 11 is 5.09. The Labute approximate surface area is 82.5 Å². The molecule has 1 aliphatic carbocycles. The largest absolute Gasteiger partial charge is 0.392 e. The Morgan fingerprint density at radius 1 is 1.69 bits per heavy atom. The van der Waals surface area contributed by atoms with Crippen molar-refractivity contribution in [1.82, 2.24) is 0 Å². The van der Waals surface area contributed by atoms with Crippen LogP contribution in [0.15, 0.2) is 35.5 Å². The summed E-state index contributed by atoms with van der Waals surface area (Å²) in [6.45, 7) is -0.00838. The fourth-order valence-corrected chi connectivity index (χ4v) is 1.24. The zero-order valence-electron chi connectivity index (χ0n) is 7.03. The van der Waals surface area contributed by atoms with Crippen molar-refractivity contribution in [1.29, 1.82) is 5.26 Å². The predicted octanol–water partition coefficient (Wildman–Crippen LogP) is 1.68. The predicted molar refractivity (Wildman–Crippen MR) is 55.2 cm³/mol. The summed E-state index contributed by atoms with van der Waals surface area (Å²) in [4.78, 5) is 0.809. The number of hydrogen-bond donors (Lipinski definition) is 1. The van der Waals surface area contributed by atoms with Crippen LogP contribution in [0.1, 0.15) is 6.42 Å². The maximum Gasteiger partial charge on any atom is 0.0988 e. The van der Waals surface area contributed by atoms with Crippen LogP contribution in [0.3, 0.4) is 0 Å². The summed E-state index contributed by atoms with van der Waals surface area (Å²) in [7, 11) is 0. The van der Waals surface area contributed by atoms with Crippen molar-refractivity contribution < 1.29 is 5.11 Å². The molecule has 0 saturated heterocycles. The van der Waals surface area contributed by atoms with Gasteiger partial charge in [-0.3, -0.25) is 0 Å². The molecule has 0 amide bonds. The molecule has 0 spiro atoms. The molecule has 0 saturated carbocycles. The minimum Gasteiger partial charge on any atom is -0.392 e. The maximum atomic E-state index is 8.64. The number of rotatable bonds is 2. The average Bonchev–Trinajstić information content (AvgIpc) is 2.17. The standard InChI is InChI=1S/C10H9NOS/c11-7-8-3-4-10(13)9(6-8)2-1-5-12/h1-3,6,12H,4-5H2. The highest BCUT2D eigenvalue weighted by atomic mass is 32.1. The number of thiocarbonyl (C=S) groups is 1. The summed E-state index contributed by atoms with van der Waals surface area (Å²) in [5.74, 6) is 0. The van der Waals surface area contributed by atoms with Gasteiger partial charge in [-0.15, -0.1) is 0 Å². The third kappa shape index (κ3) is 2.62. The summed E-state index contributed by atoms with van der Waals surface area (Å²) in [6.07, 6.45) is 7.53. The van der Waals surface area contributed by atoms with Crippen LogP contribution in [0.2, 0.25) is 0 Å². The smallest absolute Gasteiger partial charge is 0.0988 e. The zero-order valence-corrected chi connectivity index (χ0v) is 7.84. The second-order valence-corrected chi connectivity index (χ2v) is 3.08. The van der Waals surface area contributed by atoms with E-state index < -0.39 is 0 Å². The van der Waals surface area contributed by atoms with Crippen LogP contribution in [-0.2, 0) is 0 Å². The lowest BCUT2D eigenvalue weighted by atomic mass is 9.99. The summed E-state index contributed by atoms with van der Waals surface area (Å²) < 4.78 is 0. The topological polar surface area (TPSA) is 44.0 Å². The molecular weight excluding hydrogens is 182 g/mol. The molecular formula is C10H9NOS. The fourth-order valence-electron chi connectivity index (χ4n) is 1.03. The molecule has 0 aromatic heterocycles. The highest BCUT2D eigenvalue weighted by Crippen LogP contribution is 2.16. The SMILES string of the molecule is N#CC1=CCC(=S)C(C=CCO)=C1. The molecule has 1 rings (SSSR count). The van der Waals surface area contributed by atoms with Gasteiger partial charge in [0.15, 0.2) is 0 Å². The van der Waals surface area contributed by atoms with E-state index in [1.165, 1.54) is 0 Å². The molecule has 3 heteroatoms. The molecule has 13 heavy (non-hydrogen) atoms. The van der Waals surface area contributed by atoms with E-state index in [0.717, 1.165) is 10.4 Å². The Kier molecular flexibility index (Phi) is 3.56. The minimum atomic E-state index is -0.00838. The highest BCUT2D eigenvalue weighted by molar-refractivity contribution is 7.80. The van der Waals surface area contributed by atoms with Gasteiger partial charge in [-0.2, -0.15) is 5.26 Å². The van der Waals surface area contributed by atoms with Crippen LogP contribution in [0.5, 0.6) is 0 Å². The summed E-state index contributed by atoms with van der Waals surface area (Å²) in [6, 6.07) is 2.06. The van der Waals surface area contributed by atoms with Crippen molar-refractivity contribution in [2.45, 2.75) is 6.42 Å². The van der Waals surface area contributed by atoms with Crippen molar-refractivity contribution in [3.8, 4) is 6.07 Å². The van der Waals surface area contributed by atoms with Gasteiger partial charge < -0.3 is 5.11 Å². The fraction of sp³-hybridized carbons (Fsp3) is 0.200. The van der Waals surface area contributed by atoms with Crippen molar-refractivity contribution in [2.75, 3.05) is 6.61 Å². The number of hydrogen-bond acceptors (Lipinski definition) is 3. The summed E-state index contributed by atoms with van der Waals surface area (Å²) in [5.41, 5.74) is 1.48. The Morgan fingerprint density at radius 2 is 2.46 bits per heavy atom. The Morgan fingerprint density at radius 3 is 3.08 bits per heavy atom. The maximum absolute atomic E-state index is 8.64. The molecule has 0 atom stereocenters. The van der Waals surface area contributed by atoms with Crippen LogP contribution < -0.4 is 0 Å². The number of allylic oxidation sites excluding steroid dienone is 5. The average molecular weight is 191 g/mol. The second kappa shape index (κ2) is 4.70. The first-order chi connectivity index (χ1) is 6.27. The molecule has 0 bridgehead atoms. The van der Waals surface area contributed by atoms with E-state index >= 15 is 0 Å². The van der Waals surface area contributed by atoms with Gasteiger partial charge >= 0.3 is 0 Å². The number of nitrogens with zero attached hydrogens (tertiary/aromatic N) is 1. The van der Waals surface area contributed by atoms with Gasteiger partial charge in [-0.1, -0.05) is 30.4 Å². The van der Waals surface area contributed by atoms with Crippen LogP contribution in [0.4, 0.5) is 0 Å². The van der Waals surface area contributed by atoms with Crippen molar-refractivity contribution in [3.05, 3.63) is 35.5 Å². The van der Waals surface area contributed by atoms with E-state index in [-0.39, 0.29) is 6.61 Å². The van der Waals surface area contributed by atoms with Gasteiger partial charge in [-0.05, 0) is 11.6 Å². The minimum absolute atomic E-state index is 0.00838. The second-order valence-electron chi connectivity index (χ2n) is 2.58. The molecule has 0 unspecified atom stereocenters. The van der Waals surface area contributed by atoms with Gasteiger partial charge in [0.05, 0.1) is 12.7 Å². The van der Waals surface area contributed by atoms with E-state index in [9.17, 15) is 0 Å². The Balaban J connectivity index is 2.87. The molecule has 0 aliphatic heterocycles. The van der Waals surface area contributed by atoms with E-state index in [4.69, 9.17) is 22.6 Å². The van der Waals surface area contributed by atoms with Gasteiger partial charge in [-0.25, -0.2) is 0 Å². The van der Waals surface area contributed by atoms with Crippen LogP contribution in [-0.4, -0.2) is 16.6 Å². The van der Waals surface area contributed by atoms with Gasteiger partial charge in [0, 0.05) is 16.9 Å². The zero-order chi connectivity index (χ0) is 9.68. The van der Waals surface area contributed by atoms with Gasteiger partial charge in [0.1, 0.15) is 0 Å². The van der Waals surface area contributed by atoms with E-state index in [1.807, 2.05) is 0 Å². The Hall–Kier alpha value is -1.24. The van der Waals surface area contributed by atoms with Crippen molar-refractivity contribution in [3.63, 3.8) is 0 Å². The first kappa shape index (κ1) is 9.85. The van der Waals surface area contributed by atoms with Crippen molar-refractivity contribution in [2.24, 2.45) is 0 Å². The Bertz CT molecular complexity index is 344. The lowest BCUT2D eigenvalue weighted by Crippen LogP contribution is -2.01. The van der Waals surface area contributed by atoms with Crippen LogP contribution in [0.25, 0.3) is 0 Å². The monoisotopic (exact) mass is 191 g/mol. The lowest BCUT2D eigenvalue weighted by Gasteiger charge is -2.07. The van der Waals surface area contributed by atoms with Gasteiger partial charge in [0.25, 0.3) is 0 Å². The normalized spacial score (nSPS) is 16.8. The number of nitriles is 1. The van der Waals surface area contributed by atoms with Crippen LogP contribution in [0, 0.1) is 11.3 Å². The molecule has 1 N–H and O–H groups in total. The molecule has 0 aromatic rings. The lowest BCUT2D eigenvalue weighted by molar-refractivity contribution is 0.342. The third-order valence-corrected chi connectivity index (χ3v) is 2.07. The van der Waals surface area contributed by atoms with Crippen LogP contribution >= 0.6 is 12.2 Å². The van der Waals surface area contributed by atoms with E-state index in [1.54, 1.807) is 24.3 Å². The molecule has 1 aliphatic rings. The molecule has 2 nitrogen and oxygen atoms in total. The molecule has 66 valence electrons. The third-order valence-electron chi connectivity index (χ3n) is 1.67. The molecule has 0 aromatic carbocycles. The molecule has 0 heterocycles. The number of aliphatic hydroxyl groups is 1. The van der Waals surface area contributed by atoms with E-state index in [0.29, 0.717) is 12.0 Å². The molecule has 0 fully saturated rings. The van der Waals surface area contributed by atoms with Gasteiger partial charge in [0.2, 0.25) is 0 Å².